The number of primary sulfonamides is 1. The lowest BCUT2D eigenvalue weighted by atomic mass is 10.1. The molecule has 1 fully saturated rings. The van der Waals surface area contributed by atoms with Gasteiger partial charge in [0.2, 0.25) is 16.0 Å². The summed E-state index contributed by atoms with van der Waals surface area (Å²) in [6, 6.07) is 0. The molecule has 0 aromatic carbocycles. The van der Waals surface area contributed by atoms with Crippen LogP contribution < -0.4 is 5.14 Å². The molecule has 1 atom stereocenters. The van der Waals surface area contributed by atoms with Gasteiger partial charge in [-0.1, -0.05) is 0 Å². The van der Waals surface area contributed by atoms with Crippen molar-refractivity contribution >= 4 is 22.7 Å². The Bertz CT molecular complexity index is 468. The molecule has 18 heavy (non-hydrogen) atoms. The number of nitrogens with zero attached hydrogens (tertiary/aromatic N) is 3. The maximum Gasteiger partial charge on any atom is 0.224 e. The van der Waals surface area contributed by atoms with E-state index in [1.165, 1.54) is 6.92 Å². The van der Waals surface area contributed by atoms with Crippen molar-refractivity contribution in [1.82, 2.24) is 4.90 Å². The Kier molecular flexibility index (Phi) is 4.97. The van der Waals surface area contributed by atoms with Gasteiger partial charge in [-0.2, -0.15) is 0 Å². The molecule has 0 aromatic rings. The summed E-state index contributed by atoms with van der Waals surface area (Å²) in [5.41, 5.74) is 0. The van der Waals surface area contributed by atoms with Gasteiger partial charge in [0.1, 0.15) is 5.83 Å². The second kappa shape index (κ2) is 6.05. The molecule has 2 N–H and O–H groups in total. The van der Waals surface area contributed by atoms with Crippen LogP contribution in [0, 0.1) is 0 Å². The molecule has 0 amide bonds. The molecule has 8 heteroatoms. The predicted molar refractivity (Wildman–Crippen MR) is 69.6 cm³/mol. The molecular formula is C10H17FN4O2S. The lowest BCUT2D eigenvalue weighted by Crippen LogP contribution is -2.46. The van der Waals surface area contributed by atoms with Crippen molar-refractivity contribution in [3.8, 4) is 0 Å². The van der Waals surface area contributed by atoms with E-state index in [0.717, 1.165) is 6.20 Å². The first kappa shape index (κ1) is 14.8. The second-order valence-corrected chi connectivity index (χ2v) is 5.95. The summed E-state index contributed by atoms with van der Waals surface area (Å²) in [4.78, 5) is 9.15. The van der Waals surface area contributed by atoms with Gasteiger partial charge < -0.3 is 4.90 Å². The number of aliphatic imine (C=N–C) groups is 2. The molecule has 0 bridgehead atoms. The number of piperidine rings is 1. The number of sulfonamides is 1. The number of likely N-dealkylation sites (tertiary alicyclic amines) is 1. The molecule has 1 aliphatic rings. The van der Waals surface area contributed by atoms with Gasteiger partial charge in [0.05, 0.1) is 11.4 Å². The molecule has 0 spiro atoms. The summed E-state index contributed by atoms with van der Waals surface area (Å²) in [6.45, 7) is 5.41. The summed E-state index contributed by atoms with van der Waals surface area (Å²) < 4.78 is 35.2. The Hall–Kier alpha value is -1.28. The van der Waals surface area contributed by atoms with E-state index in [2.05, 4.69) is 16.7 Å². The predicted octanol–water partition coefficient (Wildman–Crippen LogP) is 0.627. The van der Waals surface area contributed by atoms with Crippen molar-refractivity contribution in [2.75, 3.05) is 13.1 Å². The Morgan fingerprint density at radius 2 is 2.28 bits per heavy atom. The normalized spacial score (nSPS) is 23.1. The maximum absolute atomic E-state index is 12.6. The highest BCUT2D eigenvalue weighted by molar-refractivity contribution is 7.89. The van der Waals surface area contributed by atoms with E-state index >= 15 is 0 Å². The topological polar surface area (TPSA) is 88.1 Å². The quantitative estimate of drug-likeness (QED) is 0.592. The largest absolute Gasteiger partial charge is 0.339 e. The van der Waals surface area contributed by atoms with Crippen LogP contribution in [0.5, 0.6) is 0 Å². The third kappa shape index (κ3) is 4.19. The van der Waals surface area contributed by atoms with Crippen molar-refractivity contribution in [2.45, 2.75) is 25.0 Å². The van der Waals surface area contributed by atoms with Crippen LogP contribution in [0.2, 0.25) is 0 Å². The lowest BCUT2D eigenvalue weighted by molar-refractivity contribution is 0.338. The number of allylic oxidation sites excluding steroid dienone is 1. The van der Waals surface area contributed by atoms with Crippen molar-refractivity contribution in [1.29, 1.82) is 0 Å². The average molecular weight is 276 g/mol. The number of rotatable bonds is 2. The van der Waals surface area contributed by atoms with Gasteiger partial charge in [0.15, 0.2) is 0 Å². The van der Waals surface area contributed by atoms with Crippen LogP contribution in [-0.2, 0) is 10.0 Å². The first-order valence-corrected chi connectivity index (χ1v) is 7.09. The van der Waals surface area contributed by atoms with Crippen LogP contribution in [0.1, 0.15) is 19.8 Å². The van der Waals surface area contributed by atoms with E-state index in [4.69, 9.17) is 5.14 Å². The molecule has 1 saturated heterocycles. The van der Waals surface area contributed by atoms with E-state index in [9.17, 15) is 12.8 Å². The van der Waals surface area contributed by atoms with Crippen LogP contribution in [0.3, 0.4) is 0 Å². The number of hydrogen-bond acceptors (Lipinski definition) is 3. The number of nitrogens with two attached hydrogens (primary N) is 1. The number of halogens is 1. The molecule has 102 valence electrons. The van der Waals surface area contributed by atoms with Gasteiger partial charge in [-0.15, -0.1) is 0 Å². The minimum Gasteiger partial charge on any atom is -0.339 e. The Morgan fingerprint density at radius 1 is 1.61 bits per heavy atom. The SMILES string of the molecule is C=NC(=N/C=C(\C)F)N1CCC[C@@H](S(N)(=O)=O)C1. The summed E-state index contributed by atoms with van der Waals surface area (Å²) in [6.07, 6.45) is 2.19. The standard InChI is InChI=1S/C10H17FN4O2S/c1-8(11)6-14-10(13-2)15-5-3-4-9(7-15)18(12,16)17/h6,9H,2-5,7H2,1H3,(H2,12,16,17)/b8-6+,14-10?/t9-/m1/s1. The molecule has 6 nitrogen and oxygen atoms in total. The average Bonchev–Trinajstić information content (AvgIpc) is 2.29. The third-order valence-corrected chi connectivity index (χ3v) is 3.94. The van der Waals surface area contributed by atoms with Crippen molar-refractivity contribution in [3.05, 3.63) is 12.0 Å². The minimum absolute atomic E-state index is 0.204. The van der Waals surface area contributed by atoms with Crippen LogP contribution in [0.15, 0.2) is 22.0 Å². The molecule has 1 aliphatic heterocycles. The van der Waals surface area contributed by atoms with E-state index < -0.39 is 21.1 Å². The first-order chi connectivity index (χ1) is 8.34. The van der Waals surface area contributed by atoms with Crippen LogP contribution >= 0.6 is 0 Å². The molecule has 1 rings (SSSR count). The van der Waals surface area contributed by atoms with Gasteiger partial charge in [-0.25, -0.2) is 27.9 Å². The van der Waals surface area contributed by atoms with E-state index in [0.29, 0.717) is 19.4 Å². The summed E-state index contributed by atoms with van der Waals surface area (Å²) >= 11 is 0. The van der Waals surface area contributed by atoms with Crippen molar-refractivity contribution < 1.29 is 12.8 Å². The minimum atomic E-state index is -3.58. The third-order valence-electron chi connectivity index (χ3n) is 2.62. The fourth-order valence-corrected chi connectivity index (χ4v) is 2.64. The van der Waals surface area contributed by atoms with E-state index in [-0.39, 0.29) is 12.5 Å². The van der Waals surface area contributed by atoms with Gasteiger partial charge in [0.25, 0.3) is 0 Å². The number of hydrogen-bond donors (Lipinski definition) is 1. The Labute approximate surface area is 106 Å². The summed E-state index contributed by atoms with van der Waals surface area (Å²) in [5, 5.41) is 4.48. The molecular weight excluding hydrogens is 259 g/mol. The fourth-order valence-electron chi connectivity index (χ4n) is 1.76. The highest BCUT2D eigenvalue weighted by atomic mass is 32.2. The molecule has 0 aromatic heterocycles. The van der Waals surface area contributed by atoms with Crippen molar-refractivity contribution in [3.63, 3.8) is 0 Å². The fraction of sp³-hybridized carbons (Fsp3) is 0.600. The Balaban J connectivity index is 2.85. The smallest absolute Gasteiger partial charge is 0.224 e. The lowest BCUT2D eigenvalue weighted by Gasteiger charge is -2.31. The van der Waals surface area contributed by atoms with Gasteiger partial charge >= 0.3 is 0 Å². The zero-order valence-electron chi connectivity index (χ0n) is 10.2. The summed E-state index contributed by atoms with van der Waals surface area (Å²) in [5.74, 6) is -0.253. The van der Waals surface area contributed by atoms with E-state index in [1.54, 1.807) is 4.90 Å². The zero-order valence-corrected chi connectivity index (χ0v) is 11.0. The highest BCUT2D eigenvalue weighted by Crippen LogP contribution is 2.16. The monoisotopic (exact) mass is 276 g/mol. The molecule has 0 aliphatic carbocycles. The van der Waals surface area contributed by atoms with Gasteiger partial charge in [-0.05, 0) is 26.5 Å². The molecule has 0 radical (unpaired) electrons. The van der Waals surface area contributed by atoms with Crippen LogP contribution in [0.4, 0.5) is 4.39 Å². The molecule has 0 saturated carbocycles. The summed E-state index contributed by atoms with van der Waals surface area (Å²) in [7, 11) is -3.58. The highest BCUT2D eigenvalue weighted by Gasteiger charge is 2.29. The van der Waals surface area contributed by atoms with Crippen LogP contribution in [0.25, 0.3) is 0 Å². The first-order valence-electron chi connectivity index (χ1n) is 5.48. The zero-order chi connectivity index (χ0) is 13.8. The maximum atomic E-state index is 12.6. The van der Waals surface area contributed by atoms with Gasteiger partial charge in [0, 0.05) is 13.1 Å². The van der Waals surface area contributed by atoms with Gasteiger partial charge in [-0.3, -0.25) is 0 Å². The van der Waals surface area contributed by atoms with E-state index in [1.807, 2.05) is 0 Å². The second-order valence-electron chi connectivity index (χ2n) is 4.10. The molecule has 0 unspecified atom stereocenters. The number of guanidine groups is 1. The van der Waals surface area contributed by atoms with Crippen LogP contribution in [-0.4, -0.2) is 44.3 Å². The van der Waals surface area contributed by atoms with Crippen molar-refractivity contribution in [2.24, 2.45) is 15.1 Å². The molecule has 1 heterocycles. The Morgan fingerprint density at radius 3 is 2.78 bits per heavy atom.